The Hall–Kier alpha value is -1.75. The molecule has 2 rings (SSSR count). The molecule has 1 saturated heterocycles. The van der Waals surface area contributed by atoms with Crippen LogP contribution in [0.4, 0.5) is 5.69 Å². The van der Waals surface area contributed by atoms with Gasteiger partial charge in [-0.3, -0.25) is 4.79 Å². The van der Waals surface area contributed by atoms with E-state index in [0.29, 0.717) is 36.7 Å². The van der Waals surface area contributed by atoms with Crippen LogP contribution in [0.15, 0.2) is 18.2 Å². The third-order valence-corrected chi connectivity index (χ3v) is 3.75. The lowest BCUT2D eigenvalue weighted by Crippen LogP contribution is -2.30. The summed E-state index contributed by atoms with van der Waals surface area (Å²) in [6, 6.07) is 5.12. The van der Waals surface area contributed by atoms with Gasteiger partial charge in [-0.1, -0.05) is 0 Å². The van der Waals surface area contributed by atoms with Crippen LogP contribution in [0.3, 0.4) is 0 Å². The molecule has 1 aromatic rings. The summed E-state index contributed by atoms with van der Waals surface area (Å²) in [4.78, 5) is 14.2. The third kappa shape index (κ3) is 3.04. The van der Waals surface area contributed by atoms with E-state index in [1.807, 2.05) is 6.92 Å². The lowest BCUT2D eigenvalue weighted by atomic mass is 10.0. The first-order valence-corrected chi connectivity index (χ1v) is 7.02. The van der Waals surface area contributed by atoms with Crippen molar-refractivity contribution in [3.05, 3.63) is 23.8 Å². The van der Waals surface area contributed by atoms with Gasteiger partial charge in [0.15, 0.2) is 0 Å². The Morgan fingerprint density at radius 1 is 1.60 bits per heavy atom. The van der Waals surface area contributed by atoms with Crippen molar-refractivity contribution in [2.75, 3.05) is 25.4 Å². The molecule has 0 radical (unpaired) electrons. The van der Waals surface area contributed by atoms with Crippen molar-refractivity contribution in [3.8, 4) is 5.75 Å². The number of aliphatic hydroxyl groups is 1. The molecule has 5 nitrogen and oxygen atoms in total. The van der Waals surface area contributed by atoms with Gasteiger partial charge in [-0.2, -0.15) is 0 Å². The quantitative estimate of drug-likeness (QED) is 0.819. The van der Waals surface area contributed by atoms with Crippen molar-refractivity contribution in [3.63, 3.8) is 0 Å². The summed E-state index contributed by atoms with van der Waals surface area (Å²) < 4.78 is 5.36. The van der Waals surface area contributed by atoms with Gasteiger partial charge in [-0.15, -0.1) is 0 Å². The Kier molecular flexibility index (Phi) is 4.49. The van der Waals surface area contributed by atoms with E-state index in [2.05, 4.69) is 0 Å². The largest absolute Gasteiger partial charge is 0.492 e. The second-order valence-corrected chi connectivity index (χ2v) is 5.23. The molecule has 0 bridgehead atoms. The maximum absolute atomic E-state index is 12.4. The summed E-state index contributed by atoms with van der Waals surface area (Å²) >= 11 is 0. The number of amides is 1. The molecule has 20 heavy (non-hydrogen) atoms. The number of hydrogen-bond donors (Lipinski definition) is 2. The minimum Gasteiger partial charge on any atom is -0.492 e. The fourth-order valence-corrected chi connectivity index (χ4v) is 2.52. The highest BCUT2D eigenvalue weighted by atomic mass is 16.5. The number of rotatable bonds is 4. The fourth-order valence-electron chi connectivity index (χ4n) is 2.52. The van der Waals surface area contributed by atoms with E-state index in [1.54, 1.807) is 30.0 Å². The smallest absolute Gasteiger partial charge is 0.253 e. The molecule has 1 amide bonds. The predicted octanol–water partition coefficient (Wildman–Crippen LogP) is 1.51. The molecule has 1 fully saturated rings. The Morgan fingerprint density at radius 2 is 2.35 bits per heavy atom. The second kappa shape index (κ2) is 6.13. The lowest BCUT2D eigenvalue weighted by Gasteiger charge is -2.18. The maximum Gasteiger partial charge on any atom is 0.253 e. The molecule has 2 unspecified atom stereocenters. The number of aliphatic hydroxyl groups excluding tert-OH is 1. The number of nitrogens with zero attached hydrogens (tertiary/aromatic N) is 1. The summed E-state index contributed by atoms with van der Waals surface area (Å²) in [6.07, 6.45) is 0.467. The number of likely N-dealkylation sites (tertiary alicyclic amines) is 1. The first-order chi connectivity index (χ1) is 9.52. The molecule has 2 atom stereocenters. The molecule has 1 aliphatic rings. The molecule has 3 N–H and O–H groups in total. The van der Waals surface area contributed by atoms with Crippen molar-refractivity contribution in [2.45, 2.75) is 26.4 Å². The molecule has 0 spiro atoms. The van der Waals surface area contributed by atoms with E-state index < -0.39 is 0 Å². The number of anilines is 1. The van der Waals surface area contributed by atoms with Crippen LogP contribution in [0.5, 0.6) is 5.75 Å². The minimum atomic E-state index is -0.377. The van der Waals surface area contributed by atoms with Crippen molar-refractivity contribution >= 4 is 11.6 Å². The van der Waals surface area contributed by atoms with Gasteiger partial charge in [-0.05, 0) is 38.5 Å². The molecule has 110 valence electrons. The van der Waals surface area contributed by atoms with Gasteiger partial charge in [0.2, 0.25) is 0 Å². The normalized spacial score (nSPS) is 19.9. The Morgan fingerprint density at radius 3 is 2.90 bits per heavy atom. The average Bonchev–Trinajstić information content (AvgIpc) is 2.90. The third-order valence-electron chi connectivity index (χ3n) is 3.75. The van der Waals surface area contributed by atoms with Crippen molar-refractivity contribution < 1.29 is 14.6 Å². The monoisotopic (exact) mass is 278 g/mol. The van der Waals surface area contributed by atoms with Crippen LogP contribution in [-0.2, 0) is 0 Å². The minimum absolute atomic E-state index is 0.0390. The zero-order chi connectivity index (χ0) is 14.7. The van der Waals surface area contributed by atoms with Gasteiger partial charge >= 0.3 is 0 Å². The van der Waals surface area contributed by atoms with E-state index in [-0.39, 0.29) is 17.9 Å². The molecule has 1 aromatic carbocycles. The average molecular weight is 278 g/mol. The van der Waals surface area contributed by atoms with Crippen LogP contribution >= 0.6 is 0 Å². The van der Waals surface area contributed by atoms with Gasteiger partial charge in [0.25, 0.3) is 5.91 Å². The number of benzene rings is 1. The van der Waals surface area contributed by atoms with E-state index in [0.717, 1.165) is 6.42 Å². The summed E-state index contributed by atoms with van der Waals surface area (Å²) in [5.41, 5.74) is 6.93. The molecule has 0 saturated carbocycles. The number of ether oxygens (including phenoxy) is 1. The van der Waals surface area contributed by atoms with Gasteiger partial charge in [0.05, 0.1) is 18.4 Å². The number of carbonyl (C=O) groups excluding carboxylic acids is 1. The molecule has 5 heteroatoms. The van der Waals surface area contributed by atoms with Gasteiger partial charge in [0, 0.05) is 24.6 Å². The van der Waals surface area contributed by atoms with Crippen molar-refractivity contribution in [1.29, 1.82) is 0 Å². The Labute approximate surface area is 119 Å². The highest BCUT2D eigenvalue weighted by molar-refractivity contribution is 5.95. The molecule has 0 aliphatic carbocycles. The highest BCUT2D eigenvalue weighted by Gasteiger charge is 2.29. The van der Waals surface area contributed by atoms with Gasteiger partial charge in [-0.25, -0.2) is 0 Å². The van der Waals surface area contributed by atoms with E-state index >= 15 is 0 Å². The molecular weight excluding hydrogens is 256 g/mol. The van der Waals surface area contributed by atoms with Crippen molar-refractivity contribution in [1.82, 2.24) is 4.90 Å². The van der Waals surface area contributed by atoms with E-state index in [1.165, 1.54) is 0 Å². The first kappa shape index (κ1) is 14.7. The maximum atomic E-state index is 12.4. The van der Waals surface area contributed by atoms with Gasteiger partial charge in [0.1, 0.15) is 5.75 Å². The number of hydrogen-bond acceptors (Lipinski definition) is 4. The van der Waals surface area contributed by atoms with Crippen LogP contribution in [0.2, 0.25) is 0 Å². The Balaban J connectivity index is 2.08. The zero-order valence-electron chi connectivity index (χ0n) is 12.0. The molecular formula is C15H22N2O3. The summed E-state index contributed by atoms with van der Waals surface area (Å²) in [5.74, 6) is 0.731. The van der Waals surface area contributed by atoms with Crippen molar-refractivity contribution in [2.24, 2.45) is 5.92 Å². The van der Waals surface area contributed by atoms with Crippen LogP contribution in [0, 0.1) is 5.92 Å². The topological polar surface area (TPSA) is 75.8 Å². The van der Waals surface area contributed by atoms with E-state index in [4.69, 9.17) is 10.5 Å². The zero-order valence-corrected chi connectivity index (χ0v) is 12.0. The van der Waals surface area contributed by atoms with Crippen LogP contribution in [-0.4, -0.2) is 41.7 Å². The highest BCUT2D eigenvalue weighted by Crippen LogP contribution is 2.25. The summed E-state index contributed by atoms with van der Waals surface area (Å²) in [7, 11) is 0. The lowest BCUT2D eigenvalue weighted by molar-refractivity contribution is 0.0762. The second-order valence-electron chi connectivity index (χ2n) is 5.23. The number of nitrogen functional groups attached to an aromatic ring is 1. The molecule has 0 aromatic heterocycles. The predicted molar refractivity (Wildman–Crippen MR) is 77.7 cm³/mol. The summed E-state index contributed by atoms with van der Waals surface area (Å²) in [5, 5.41) is 9.59. The van der Waals surface area contributed by atoms with Crippen LogP contribution in [0.25, 0.3) is 0 Å². The first-order valence-electron chi connectivity index (χ1n) is 7.02. The number of carbonyl (C=O) groups is 1. The Bertz CT molecular complexity index is 488. The molecule has 1 heterocycles. The molecule has 1 aliphatic heterocycles. The SMILES string of the molecule is CCOc1ccc(C(=O)N2CCC(C(C)O)C2)cc1N. The van der Waals surface area contributed by atoms with E-state index in [9.17, 15) is 9.90 Å². The standard InChI is InChI=1S/C15H22N2O3/c1-3-20-14-5-4-11(8-13(14)16)15(19)17-7-6-12(9-17)10(2)18/h4-5,8,10,12,18H,3,6-7,9,16H2,1-2H3. The summed E-state index contributed by atoms with van der Waals surface area (Å²) in [6.45, 7) is 5.48. The van der Waals surface area contributed by atoms with Crippen LogP contribution < -0.4 is 10.5 Å². The van der Waals surface area contributed by atoms with Crippen LogP contribution in [0.1, 0.15) is 30.6 Å². The fraction of sp³-hybridized carbons (Fsp3) is 0.533. The van der Waals surface area contributed by atoms with Gasteiger partial charge < -0.3 is 20.5 Å². The number of nitrogens with two attached hydrogens (primary N) is 1.